The first kappa shape index (κ1) is 11.7. The second-order valence-electron chi connectivity index (χ2n) is 3.39. The summed E-state index contributed by atoms with van der Waals surface area (Å²) in [6.45, 7) is 3.89. The molecule has 0 spiro atoms. The van der Waals surface area contributed by atoms with Crippen LogP contribution in [0.3, 0.4) is 0 Å². The zero-order valence-electron chi connectivity index (χ0n) is 9.00. The predicted molar refractivity (Wildman–Crippen MR) is 56.3 cm³/mol. The van der Waals surface area contributed by atoms with Gasteiger partial charge < -0.3 is 4.74 Å². The van der Waals surface area contributed by atoms with Gasteiger partial charge in [-0.25, -0.2) is 4.39 Å². The van der Waals surface area contributed by atoms with Gasteiger partial charge in [-0.15, -0.1) is 0 Å². The van der Waals surface area contributed by atoms with E-state index in [1.807, 2.05) is 13.0 Å². The van der Waals surface area contributed by atoms with Crippen LogP contribution in [0.1, 0.15) is 30.6 Å². The number of benzene rings is 1. The van der Waals surface area contributed by atoms with E-state index in [0.29, 0.717) is 12.2 Å². The molecule has 0 amide bonds. The molecule has 0 saturated heterocycles. The Morgan fingerprint density at radius 1 is 1.53 bits per heavy atom. The molecule has 0 bridgehead atoms. The Balaban J connectivity index is 2.60. The van der Waals surface area contributed by atoms with Crippen molar-refractivity contribution in [1.29, 1.82) is 0 Å². The van der Waals surface area contributed by atoms with E-state index >= 15 is 0 Å². The lowest BCUT2D eigenvalue weighted by Gasteiger charge is -2.08. The summed E-state index contributed by atoms with van der Waals surface area (Å²) in [4.78, 5) is 11.0. The normalized spacial score (nSPS) is 12.2. The largest absolute Gasteiger partial charge is 0.466 e. The van der Waals surface area contributed by atoms with Crippen LogP contribution < -0.4 is 0 Å². The summed E-state index contributed by atoms with van der Waals surface area (Å²) >= 11 is 0. The molecule has 1 aromatic carbocycles. The fourth-order valence-corrected chi connectivity index (χ4v) is 1.35. The molecule has 0 aromatic heterocycles. The SMILES string of the molecule is CCOC(=O)C[C@H](F)c1cccc(C)c1. The fraction of sp³-hybridized carbons (Fsp3) is 0.417. The number of hydrogen-bond acceptors (Lipinski definition) is 2. The summed E-state index contributed by atoms with van der Waals surface area (Å²) in [6, 6.07) is 7.09. The fourth-order valence-electron chi connectivity index (χ4n) is 1.35. The highest BCUT2D eigenvalue weighted by Crippen LogP contribution is 2.22. The van der Waals surface area contributed by atoms with Gasteiger partial charge >= 0.3 is 5.97 Å². The van der Waals surface area contributed by atoms with E-state index in [4.69, 9.17) is 0 Å². The van der Waals surface area contributed by atoms with Crippen LogP contribution in [0.5, 0.6) is 0 Å². The number of alkyl halides is 1. The Hall–Kier alpha value is -1.38. The van der Waals surface area contributed by atoms with Crippen molar-refractivity contribution in [3.05, 3.63) is 35.4 Å². The Kier molecular flexibility index (Phi) is 4.28. The second kappa shape index (κ2) is 5.49. The number of aryl methyl sites for hydroxylation is 1. The minimum atomic E-state index is -1.27. The zero-order valence-corrected chi connectivity index (χ0v) is 9.00. The predicted octanol–water partition coefficient (Wildman–Crippen LogP) is 2.96. The molecule has 0 N–H and O–H groups in total. The van der Waals surface area contributed by atoms with Gasteiger partial charge in [0, 0.05) is 0 Å². The van der Waals surface area contributed by atoms with E-state index in [1.54, 1.807) is 25.1 Å². The summed E-state index contributed by atoms with van der Waals surface area (Å²) in [5.41, 5.74) is 1.52. The van der Waals surface area contributed by atoms with Gasteiger partial charge in [-0.1, -0.05) is 29.8 Å². The number of halogens is 1. The van der Waals surface area contributed by atoms with E-state index in [9.17, 15) is 9.18 Å². The van der Waals surface area contributed by atoms with E-state index < -0.39 is 12.1 Å². The summed E-state index contributed by atoms with van der Waals surface area (Å²) in [6.07, 6.45) is -1.49. The molecule has 1 atom stereocenters. The topological polar surface area (TPSA) is 26.3 Å². The lowest BCUT2D eigenvalue weighted by Crippen LogP contribution is -2.07. The molecule has 1 rings (SSSR count). The van der Waals surface area contributed by atoms with Gasteiger partial charge in [0.1, 0.15) is 6.17 Å². The molecular formula is C12H15FO2. The first-order valence-corrected chi connectivity index (χ1v) is 4.99. The van der Waals surface area contributed by atoms with Crippen molar-refractivity contribution in [3.63, 3.8) is 0 Å². The molecule has 3 heteroatoms. The minimum Gasteiger partial charge on any atom is -0.466 e. The average molecular weight is 210 g/mol. The van der Waals surface area contributed by atoms with E-state index in [1.165, 1.54) is 0 Å². The third-order valence-electron chi connectivity index (χ3n) is 2.06. The highest BCUT2D eigenvalue weighted by atomic mass is 19.1. The van der Waals surface area contributed by atoms with Gasteiger partial charge in [-0.05, 0) is 19.4 Å². The molecule has 0 fully saturated rings. The van der Waals surface area contributed by atoms with E-state index in [-0.39, 0.29) is 6.42 Å². The number of ether oxygens (including phenoxy) is 1. The Labute approximate surface area is 89.1 Å². The Bertz CT molecular complexity index is 336. The summed E-state index contributed by atoms with van der Waals surface area (Å²) in [7, 11) is 0. The van der Waals surface area contributed by atoms with Gasteiger partial charge in [0.15, 0.2) is 0 Å². The maximum atomic E-state index is 13.6. The van der Waals surface area contributed by atoms with Crippen LogP contribution >= 0.6 is 0 Å². The Morgan fingerprint density at radius 2 is 2.27 bits per heavy atom. The van der Waals surface area contributed by atoms with Gasteiger partial charge in [0.05, 0.1) is 13.0 Å². The van der Waals surface area contributed by atoms with Crippen molar-refractivity contribution in [2.75, 3.05) is 6.61 Å². The molecule has 0 aliphatic carbocycles. The van der Waals surface area contributed by atoms with E-state index in [2.05, 4.69) is 4.74 Å². The van der Waals surface area contributed by atoms with Crippen LogP contribution in [0.4, 0.5) is 4.39 Å². The van der Waals surface area contributed by atoms with Gasteiger partial charge in [0.25, 0.3) is 0 Å². The number of carbonyl (C=O) groups is 1. The first-order chi connectivity index (χ1) is 7.13. The third-order valence-corrected chi connectivity index (χ3v) is 2.06. The molecule has 15 heavy (non-hydrogen) atoms. The second-order valence-corrected chi connectivity index (χ2v) is 3.39. The van der Waals surface area contributed by atoms with Crippen molar-refractivity contribution in [1.82, 2.24) is 0 Å². The average Bonchev–Trinajstić information content (AvgIpc) is 2.18. The van der Waals surface area contributed by atoms with Crippen LogP contribution in [0.2, 0.25) is 0 Å². The molecule has 82 valence electrons. The molecule has 1 aromatic rings. The minimum absolute atomic E-state index is 0.211. The van der Waals surface area contributed by atoms with Crippen molar-refractivity contribution in [3.8, 4) is 0 Å². The summed E-state index contributed by atoms with van der Waals surface area (Å²) in [5, 5.41) is 0. The maximum absolute atomic E-state index is 13.6. The van der Waals surface area contributed by atoms with Crippen LogP contribution in [-0.4, -0.2) is 12.6 Å². The lowest BCUT2D eigenvalue weighted by atomic mass is 10.1. The zero-order chi connectivity index (χ0) is 11.3. The number of carbonyl (C=O) groups excluding carboxylic acids is 1. The third kappa shape index (κ3) is 3.70. The number of esters is 1. The molecule has 0 aliphatic rings. The number of rotatable bonds is 4. The first-order valence-electron chi connectivity index (χ1n) is 4.99. The van der Waals surface area contributed by atoms with Crippen molar-refractivity contribution in [2.24, 2.45) is 0 Å². The molecule has 0 unspecified atom stereocenters. The number of hydrogen-bond donors (Lipinski definition) is 0. The molecule has 0 heterocycles. The van der Waals surface area contributed by atoms with Gasteiger partial charge in [-0.2, -0.15) is 0 Å². The van der Waals surface area contributed by atoms with Crippen LogP contribution in [0.25, 0.3) is 0 Å². The molecular weight excluding hydrogens is 195 g/mol. The standard InChI is InChI=1S/C12H15FO2/c1-3-15-12(14)8-11(13)10-6-4-5-9(2)7-10/h4-7,11H,3,8H2,1-2H3/t11-/m0/s1. The highest BCUT2D eigenvalue weighted by molar-refractivity contribution is 5.70. The van der Waals surface area contributed by atoms with Crippen molar-refractivity contribution >= 4 is 5.97 Å². The van der Waals surface area contributed by atoms with E-state index in [0.717, 1.165) is 5.56 Å². The molecule has 2 nitrogen and oxygen atoms in total. The van der Waals surface area contributed by atoms with Crippen LogP contribution in [0, 0.1) is 6.92 Å². The maximum Gasteiger partial charge on any atom is 0.309 e. The monoisotopic (exact) mass is 210 g/mol. The van der Waals surface area contributed by atoms with Crippen LogP contribution in [0.15, 0.2) is 24.3 Å². The van der Waals surface area contributed by atoms with Crippen LogP contribution in [-0.2, 0) is 9.53 Å². The van der Waals surface area contributed by atoms with Crippen molar-refractivity contribution in [2.45, 2.75) is 26.4 Å². The lowest BCUT2D eigenvalue weighted by molar-refractivity contribution is -0.144. The van der Waals surface area contributed by atoms with Crippen molar-refractivity contribution < 1.29 is 13.9 Å². The Morgan fingerprint density at radius 3 is 2.87 bits per heavy atom. The highest BCUT2D eigenvalue weighted by Gasteiger charge is 2.15. The smallest absolute Gasteiger partial charge is 0.309 e. The van der Waals surface area contributed by atoms with Gasteiger partial charge in [0.2, 0.25) is 0 Å². The van der Waals surface area contributed by atoms with Gasteiger partial charge in [-0.3, -0.25) is 4.79 Å². The molecule has 0 aliphatic heterocycles. The molecule has 0 saturated carbocycles. The summed E-state index contributed by atoms with van der Waals surface area (Å²) in [5.74, 6) is -0.494. The quantitative estimate of drug-likeness (QED) is 0.714. The summed E-state index contributed by atoms with van der Waals surface area (Å²) < 4.78 is 18.3. The molecule has 0 radical (unpaired) electrons.